The zero-order chi connectivity index (χ0) is 19.2. The summed E-state index contributed by atoms with van der Waals surface area (Å²) >= 11 is 0. The summed E-state index contributed by atoms with van der Waals surface area (Å²) in [7, 11) is 3.49. The highest BCUT2D eigenvalue weighted by molar-refractivity contribution is 5.80. The molecule has 27 heavy (non-hydrogen) atoms. The SMILES string of the molecule is CN=C(NCc1ccc(-n2nc(C)cc2C)nc1)N1CCOC(COC)C1. The third-order valence-corrected chi connectivity index (χ3v) is 4.49. The maximum Gasteiger partial charge on any atom is 0.194 e. The van der Waals surface area contributed by atoms with Crippen LogP contribution < -0.4 is 5.32 Å². The van der Waals surface area contributed by atoms with Gasteiger partial charge in [0, 0.05) is 45.7 Å². The van der Waals surface area contributed by atoms with Crippen LogP contribution in [0.15, 0.2) is 29.4 Å². The predicted octanol–water partition coefficient (Wildman–Crippen LogP) is 1.31. The number of pyridine rings is 1. The van der Waals surface area contributed by atoms with Gasteiger partial charge >= 0.3 is 0 Å². The molecule has 8 heteroatoms. The van der Waals surface area contributed by atoms with Crippen molar-refractivity contribution in [2.45, 2.75) is 26.5 Å². The molecule has 2 aromatic rings. The van der Waals surface area contributed by atoms with E-state index in [9.17, 15) is 0 Å². The molecular formula is C19H28N6O2. The Balaban J connectivity index is 1.59. The van der Waals surface area contributed by atoms with Crippen LogP contribution in [0.25, 0.3) is 5.82 Å². The molecule has 0 spiro atoms. The molecule has 0 aromatic carbocycles. The van der Waals surface area contributed by atoms with Crippen LogP contribution in [0.4, 0.5) is 0 Å². The van der Waals surface area contributed by atoms with E-state index in [-0.39, 0.29) is 6.10 Å². The maximum absolute atomic E-state index is 5.70. The summed E-state index contributed by atoms with van der Waals surface area (Å²) in [6, 6.07) is 6.09. The van der Waals surface area contributed by atoms with Crippen molar-refractivity contribution < 1.29 is 9.47 Å². The fourth-order valence-corrected chi connectivity index (χ4v) is 3.22. The highest BCUT2D eigenvalue weighted by atomic mass is 16.5. The number of aryl methyl sites for hydroxylation is 2. The van der Waals surface area contributed by atoms with Crippen molar-refractivity contribution in [1.82, 2.24) is 25.0 Å². The summed E-state index contributed by atoms with van der Waals surface area (Å²) in [6.45, 7) is 7.51. The lowest BCUT2D eigenvalue weighted by Gasteiger charge is -2.34. The number of aromatic nitrogens is 3. The van der Waals surface area contributed by atoms with Gasteiger partial charge in [-0.05, 0) is 31.5 Å². The number of nitrogens with one attached hydrogen (secondary N) is 1. The number of nitrogens with zero attached hydrogens (tertiary/aromatic N) is 5. The topological polar surface area (TPSA) is 76.8 Å². The van der Waals surface area contributed by atoms with Gasteiger partial charge < -0.3 is 19.7 Å². The van der Waals surface area contributed by atoms with E-state index in [0.717, 1.165) is 41.8 Å². The number of hydrogen-bond acceptors (Lipinski definition) is 5. The molecular weight excluding hydrogens is 344 g/mol. The first kappa shape index (κ1) is 19.3. The van der Waals surface area contributed by atoms with E-state index in [4.69, 9.17) is 9.47 Å². The molecule has 0 saturated carbocycles. The molecule has 146 valence electrons. The Hall–Kier alpha value is -2.45. The monoisotopic (exact) mass is 372 g/mol. The Morgan fingerprint density at radius 1 is 1.41 bits per heavy atom. The molecule has 8 nitrogen and oxygen atoms in total. The lowest BCUT2D eigenvalue weighted by Crippen LogP contribution is -2.51. The van der Waals surface area contributed by atoms with Crippen LogP contribution in [0, 0.1) is 13.8 Å². The second-order valence-electron chi connectivity index (χ2n) is 6.66. The summed E-state index contributed by atoms with van der Waals surface area (Å²) in [5, 5.41) is 7.88. The Bertz CT molecular complexity index is 769. The molecule has 1 N–H and O–H groups in total. The fourth-order valence-electron chi connectivity index (χ4n) is 3.22. The van der Waals surface area contributed by atoms with Crippen LogP contribution in [0.5, 0.6) is 0 Å². The van der Waals surface area contributed by atoms with Gasteiger partial charge in [0.2, 0.25) is 0 Å². The summed E-state index contributed by atoms with van der Waals surface area (Å²) in [6.07, 6.45) is 1.95. The largest absolute Gasteiger partial charge is 0.382 e. The number of hydrogen-bond donors (Lipinski definition) is 1. The van der Waals surface area contributed by atoms with Crippen molar-refractivity contribution in [3.05, 3.63) is 41.3 Å². The minimum atomic E-state index is 0.0732. The lowest BCUT2D eigenvalue weighted by atomic mass is 10.2. The van der Waals surface area contributed by atoms with Gasteiger partial charge in [0.15, 0.2) is 11.8 Å². The second-order valence-corrected chi connectivity index (χ2v) is 6.66. The van der Waals surface area contributed by atoms with Gasteiger partial charge in [-0.2, -0.15) is 5.10 Å². The normalized spacial score (nSPS) is 18.0. The minimum absolute atomic E-state index is 0.0732. The number of morpholine rings is 1. The van der Waals surface area contributed by atoms with Crippen LogP contribution in [0.2, 0.25) is 0 Å². The molecule has 1 saturated heterocycles. The van der Waals surface area contributed by atoms with Gasteiger partial charge in [0.1, 0.15) is 0 Å². The van der Waals surface area contributed by atoms with Crippen molar-refractivity contribution in [1.29, 1.82) is 0 Å². The number of methoxy groups -OCH3 is 1. The van der Waals surface area contributed by atoms with Crippen LogP contribution in [0.3, 0.4) is 0 Å². The van der Waals surface area contributed by atoms with Gasteiger partial charge in [-0.3, -0.25) is 4.99 Å². The molecule has 0 bridgehead atoms. The third kappa shape index (κ3) is 4.84. The molecule has 1 unspecified atom stereocenters. The van der Waals surface area contributed by atoms with Crippen LogP contribution >= 0.6 is 0 Å². The first-order valence-electron chi connectivity index (χ1n) is 9.15. The Kier molecular flexibility index (Phi) is 6.41. The number of guanidine groups is 1. The molecule has 1 aliphatic rings. The standard InChI is InChI=1S/C19H28N6O2/c1-14-9-15(2)25(23-14)18-6-5-16(10-21-18)11-22-19(20-3)24-7-8-27-17(12-24)13-26-4/h5-6,9-10,17H,7-8,11-13H2,1-4H3,(H,20,22). The molecule has 3 rings (SSSR count). The molecule has 0 radical (unpaired) electrons. The lowest BCUT2D eigenvalue weighted by molar-refractivity contribution is -0.0447. The zero-order valence-corrected chi connectivity index (χ0v) is 16.5. The van der Waals surface area contributed by atoms with Crippen molar-refractivity contribution >= 4 is 5.96 Å². The number of aliphatic imine (C=N–C) groups is 1. The summed E-state index contributed by atoms with van der Waals surface area (Å²) in [5.41, 5.74) is 3.15. The first-order valence-corrected chi connectivity index (χ1v) is 9.15. The van der Waals surface area contributed by atoms with E-state index in [0.29, 0.717) is 19.8 Å². The molecule has 2 aromatic heterocycles. The number of rotatable bonds is 5. The molecule has 1 fully saturated rings. The van der Waals surface area contributed by atoms with E-state index < -0.39 is 0 Å². The quantitative estimate of drug-likeness (QED) is 0.630. The van der Waals surface area contributed by atoms with E-state index in [1.165, 1.54) is 0 Å². The van der Waals surface area contributed by atoms with Gasteiger partial charge in [-0.1, -0.05) is 6.07 Å². The Morgan fingerprint density at radius 3 is 2.89 bits per heavy atom. The van der Waals surface area contributed by atoms with E-state index >= 15 is 0 Å². The van der Waals surface area contributed by atoms with E-state index in [1.54, 1.807) is 14.2 Å². The molecule has 1 aliphatic heterocycles. The van der Waals surface area contributed by atoms with Gasteiger partial charge in [0.05, 0.1) is 25.0 Å². The average molecular weight is 372 g/mol. The van der Waals surface area contributed by atoms with Crippen molar-refractivity contribution in [3.8, 4) is 5.82 Å². The third-order valence-electron chi connectivity index (χ3n) is 4.49. The van der Waals surface area contributed by atoms with Crippen molar-refractivity contribution in [3.63, 3.8) is 0 Å². The van der Waals surface area contributed by atoms with Crippen LogP contribution in [-0.2, 0) is 16.0 Å². The van der Waals surface area contributed by atoms with Crippen LogP contribution in [-0.4, -0.2) is 72.2 Å². The van der Waals surface area contributed by atoms with E-state index in [1.807, 2.05) is 36.9 Å². The van der Waals surface area contributed by atoms with Crippen LogP contribution in [0.1, 0.15) is 17.0 Å². The fraction of sp³-hybridized carbons (Fsp3) is 0.526. The van der Waals surface area contributed by atoms with Gasteiger partial charge in [-0.15, -0.1) is 0 Å². The molecule has 0 amide bonds. The highest BCUT2D eigenvalue weighted by Crippen LogP contribution is 2.11. The first-order chi connectivity index (χ1) is 13.1. The summed E-state index contributed by atoms with van der Waals surface area (Å²) in [4.78, 5) is 11.1. The van der Waals surface area contributed by atoms with Gasteiger partial charge in [-0.25, -0.2) is 9.67 Å². The zero-order valence-electron chi connectivity index (χ0n) is 16.5. The molecule has 3 heterocycles. The minimum Gasteiger partial charge on any atom is -0.382 e. The van der Waals surface area contributed by atoms with Gasteiger partial charge in [0.25, 0.3) is 0 Å². The Labute approximate surface area is 160 Å². The predicted molar refractivity (Wildman–Crippen MR) is 104 cm³/mol. The van der Waals surface area contributed by atoms with E-state index in [2.05, 4.69) is 31.4 Å². The second kappa shape index (κ2) is 8.96. The summed E-state index contributed by atoms with van der Waals surface area (Å²) in [5.74, 6) is 1.69. The average Bonchev–Trinajstić information content (AvgIpc) is 3.01. The number of ether oxygens (including phenoxy) is 2. The Morgan fingerprint density at radius 2 is 2.26 bits per heavy atom. The van der Waals surface area contributed by atoms with Crippen molar-refractivity contribution in [2.24, 2.45) is 4.99 Å². The maximum atomic E-state index is 5.70. The smallest absolute Gasteiger partial charge is 0.194 e. The molecule has 0 aliphatic carbocycles. The van der Waals surface area contributed by atoms with Crippen molar-refractivity contribution in [2.75, 3.05) is 40.5 Å². The highest BCUT2D eigenvalue weighted by Gasteiger charge is 2.22. The summed E-state index contributed by atoms with van der Waals surface area (Å²) < 4.78 is 12.8. The molecule has 1 atom stereocenters.